The fraction of sp³-hybridized carbons (Fsp3) is 0.125. The molecule has 2 aromatic rings. The Balaban J connectivity index is 1.70. The number of halogens is 2. The van der Waals surface area contributed by atoms with E-state index in [4.69, 9.17) is 0 Å². The smallest absolute Gasteiger partial charge is 0.315 e. The molecule has 0 saturated carbocycles. The van der Waals surface area contributed by atoms with Gasteiger partial charge in [0.25, 0.3) is 0 Å². The van der Waals surface area contributed by atoms with Gasteiger partial charge in [-0.15, -0.1) is 0 Å². The molecule has 0 aliphatic carbocycles. The van der Waals surface area contributed by atoms with Crippen LogP contribution in [0.2, 0.25) is 0 Å². The molecule has 3 amide bonds. The van der Waals surface area contributed by atoms with Gasteiger partial charge in [-0.1, -0.05) is 12.1 Å². The lowest BCUT2D eigenvalue weighted by Gasteiger charge is -2.08. The second kappa shape index (κ2) is 8.47. The van der Waals surface area contributed by atoms with Gasteiger partial charge in [0.15, 0.2) is 0 Å². The van der Waals surface area contributed by atoms with E-state index in [1.807, 2.05) is 12.1 Å². The van der Waals surface area contributed by atoms with Crippen LogP contribution in [0.3, 0.4) is 0 Å². The first-order valence-electron chi connectivity index (χ1n) is 6.84. The first-order valence-corrected chi connectivity index (χ1v) is 7.92. The lowest BCUT2D eigenvalue weighted by atomic mass is 10.2. The summed E-state index contributed by atoms with van der Waals surface area (Å²) >= 11 is 2.17. The maximum absolute atomic E-state index is 12.8. The van der Waals surface area contributed by atoms with Crippen LogP contribution in [0.1, 0.15) is 5.56 Å². The highest BCUT2D eigenvalue weighted by Crippen LogP contribution is 2.10. The van der Waals surface area contributed by atoms with Gasteiger partial charge in [0.05, 0.1) is 6.54 Å². The minimum Gasteiger partial charge on any atom is -0.334 e. The first-order chi connectivity index (χ1) is 11.0. The third-order valence-electron chi connectivity index (χ3n) is 2.90. The van der Waals surface area contributed by atoms with Gasteiger partial charge in [-0.3, -0.25) is 4.79 Å². The Hall–Kier alpha value is -2.16. The van der Waals surface area contributed by atoms with E-state index in [-0.39, 0.29) is 24.8 Å². The quantitative estimate of drug-likeness (QED) is 0.643. The van der Waals surface area contributed by atoms with Crippen molar-refractivity contribution >= 4 is 40.2 Å². The molecular weight excluding hydrogens is 412 g/mol. The zero-order valence-electron chi connectivity index (χ0n) is 12.1. The molecule has 7 heteroatoms. The largest absolute Gasteiger partial charge is 0.334 e. The van der Waals surface area contributed by atoms with Gasteiger partial charge < -0.3 is 16.0 Å². The number of urea groups is 1. The average molecular weight is 427 g/mol. The van der Waals surface area contributed by atoms with E-state index in [1.165, 1.54) is 12.1 Å². The van der Waals surface area contributed by atoms with Gasteiger partial charge in [-0.2, -0.15) is 0 Å². The summed E-state index contributed by atoms with van der Waals surface area (Å²) in [5.41, 5.74) is 1.44. The van der Waals surface area contributed by atoms with E-state index < -0.39 is 6.03 Å². The molecule has 0 unspecified atom stereocenters. The molecule has 5 nitrogen and oxygen atoms in total. The first kappa shape index (κ1) is 17.2. The molecule has 0 bridgehead atoms. The highest BCUT2D eigenvalue weighted by Gasteiger charge is 2.05. The van der Waals surface area contributed by atoms with Crippen LogP contribution in [0.25, 0.3) is 0 Å². The van der Waals surface area contributed by atoms with E-state index in [0.717, 1.165) is 9.13 Å². The van der Waals surface area contributed by atoms with Crippen LogP contribution in [0, 0.1) is 9.39 Å². The average Bonchev–Trinajstić information content (AvgIpc) is 2.54. The van der Waals surface area contributed by atoms with Crippen molar-refractivity contribution in [1.29, 1.82) is 0 Å². The van der Waals surface area contributed by atoms with Crippen molar-refractivity contribution in [2.75, 3.05) is 11.9 Å². The molecule has 0 aliphatic heterocycles. The summed E-state index contributed by atoms with van der Waals surface area (Å²) in [5.74, 6) is -0.645. The maximum Gasteiger partial charge on any atom is 0.315 e. The molecule has 120 valence electrons. The zero-order chi connectivity index (χ0) is 16.7. The number of hydrogen-bond donors (Lipinski definition) is 3. The molecule has 0 saturated heterocycles. The number of carbonyl (C=O) groups is 2. The third-order valence-corrected chi connectivity index (χ3v) is 3.62. The number of hydrogen-bond acceptors (Lipinski definition) is 2. The van der Waals surface area contributed by atoms with Crippen molar-refractivity contribution in [1.82, 2.24) is 10.6 Å². The number of rotatable bonds is 5. The summed E-state index contributed by atoms with van der Waals surface area (Å²) in [4.78, 5) is 23.3. The highest BCUT2D eigenvalue weighted by molar-refractivity contribution is 14.1. The van der Waals surface area contributed by atoms with Crippen LogP contribution in [-0.4, -0.2) is 18.5 Å². The Morgan fingerprint density at radius 2 is 1.61 bits per heavy atom. The standard InChI is InChI=1S/C16H15FIN3O2/c17-12-3-1-11(2-4-12)9-19-16(23)20-10-15(22)21-14-7-5-13(18)6-8-14/h1-8H,9-10H2,(H,21,22)(H2,19,20,23). The lowest BCUT2D eigenvalue weighted by molar-refractivity contribution is -0.115. The summed E-state index contributed by atoms with van der Waals surface area (Å²) in [5, 5.41) is 7.73. The van der Waals surface area contributed by atoms with Gasteiger partial charge in [0.1, 0.15) is 5.82 Å². The zero-order valence-corrected chi connectivity index (χ0v) is 14.3. The fourth-order valence-corrected chi connectivity index (χ4v) is 2.11. The molecule has 0 aromatic heterocycles. The summed E-state index contributed by atoms with van der Waals surface area (Å²) in [6.07, 6.45) is 0. The highest BCUT2D eigenvalue weighted by atomic mass is 127. The molecule has 0 heterocycles. The van der Waals surface area contributed by atoms with Gasteiger partial charge in [-0.05, 0) is 64.6 Å². The predicted molar refractivity (Wildman–Crippen MR) is 94.4 cm³/mol. The van der Waals surface area contributed by atoms with Crippen LogP contribution >= 0.6 is 22.6 Å². The number of carbonyl (C=O) groups excluding carboxylic acids is 2. The van der Waals surface area contributed by atoms with Gasteiger partial charge in [0.2, 0.25) is 5.91 Å². The Morgan fingerprint density at radius 3 is 2.26 bits per heavy atom. The van der Waals surface area contributed by atoms with Crippen LogP contribution < -0.4 is 16.0 Å². The molecular formula is C16H15FIN3O2. The minimum atomic E-state index is -0.466. The molecule has 23 heavy (non-hydrogen) atoms. The van der Waals surface area contributed by atoms with E-state index in [9.17, 15) is 14.0 Å². The third kappa shape index (κ3) is 6.23. The van der Waals surface area contributed by atoms with E-state index in [0.29, 0.717) is 5.69 Å². The van der Waals surface area contributed by atoms with Gasteiger partial charge in [0, 0.05) is 15.8 Å². The molecule has 0 aliphatic rings. The number of anilines is 1. The van der Waals surface area contributed by atoms with Crippen molar-refractivity contribution in [2.24, 2.45) is 0 Å². The summed E-state index contributed by atoms with van der Waals surface area (Å²) in [6, 6.07) is 12.7. The van der Waals surface area contributed by atoms with Gasteiger partial charge in [-0.25, -0.2) is 9.18 Å². The monoisotopic (exact) mass is 427 g/mol. The SMILES string of the molecule is O=C(CNC(=O)NCc1ccc(F)cc1)Nc1ccc(I)cc1. The van der Waals surface area contributed by atoms with E-state index >= 15 is 0 Å². The van der Waals surface area contributed by atoms with Gasteiger partial charge >= 0.3 is 6.03 Å². The molecule has 3 N–H and O–H groups in total. The van der Waals surface area contributed by atoms with Crippen LogP contribution in [-0.2, 0) is 11.3 Å². The second-order valence-electron chi connectivity index (χ2n) is 4.72. The Labute approximate surface area is 146 Å². The Morgan fingerprint density at radius 1 is 0.957 bits per heavy atom. The second-order valence-corrected chi connectivity index (χ2v) is 5.96. The molecule has 2 aromatic carbocycles. The molecule has 2 rings (SSSR count). The number of amides is 3. The Kier molecular flexibility index (Phi) is 6.33. The number of benzene rings is 2. The fourth-order valence-electron chi connectivity index (χ4n) is 1.75. The minimum absolute atomic E-state index is 0.138. The Bertz CT molecular complexity index is 675. The summed E-state index contributed by atoms with van der Waals surface area (Å²) < 4.78 is 13.8. The number of nitrogens with one attached hydrogen (secondary N) is 3. The summed E-state index contributed by atoms with van der Waals surface area (Å²) in [7, 11) is 0. The van der Waals surface area contributed by atoms with E-state index in [1.54, 1.807) is 24.3 Å². The maximum atomic E-state index is 12.8. The van der Waals surface area contributed by atoms with E-state index in [2.05, 4.69) is 38.5 Å². The molecule has 0 fully saturated rings. The van der Waals surface area contributed by atoms with Crippen molar-refractivity contribution in [2.45, 2.75) is 6.54 Å². The van der Waals surface area contributed by atoms with Crippen molar-refractivity contribution in [3.8, 4) is 0 Å². The molecule has 0 spiro atoms. The lowest BCUT2D eigenvalue weighted by Crippen LogP contribution is -2.39. The topological polar surface area (TPSA) is 70.2 Å². The summed E-state index contributed by atoms with van der Waals surface area (Å²) in [6.45, 7) is 0.117. The normalized spacial score (nSPS) is 10.0. The molecule has 0 radical (unpaired) electrons. The van der Waals surface area contributed by atoms with Crippen LogP contribution in [0.5, 0.6) is 0 Å². The molecule has 0 atom stereocenters. The van der Waals surface area contributed by atoms with Crippen molar-refractivity contribution < 1.29 is 14.0 Å². The van der Waals surface area contributed by atoms with Crippen LogP contribution in [0.15, 0.2) is 48.5 Å². The van der Waals surface area contributed by atoms with Crippen LogP contribution in [0.4, 0.5) is 14.9 Å². The van der Waals surface area contributed by atoms with Crippen molar-refractivity contribution in [3.05, 3.63) is 63.5 Å². The van der Waals surface area contributed by atoms with Crippen molar-refractivity contribution in [3.63, 3.8) is 0 Å². The predicted octanol–water partition coefficient (Wildman–Crippen LogP) is 2.87.